The molecule has 0 aliphatic carbocycles. The van der Waals surface area contributed by atoms with Crippen molar-refractivity contribution >= 4 is 28.8 Å². The Balaban J connectivity index is 1.91. The second-order valence-electron chi connectivity index (χ2n) is 4.53. The highest BCUT2D eigenvalue weighted by atomic mass is 35.5. The van der Waals surface area contributed by atoms with E-state index in [4.69, 9.17) is 21.5 Å². The van der Waals surface area contributed by atoms with Crippen molar-refractivity contribution in [2.24, 2.45) is 0 Å². The minimum atomic E-state index is -1.16. The van der Waals surface area contributed by atoms with E-state index in [-0.39, 0.29) is 13.0 Å². The molecule has 7 nitrogen and oxygen atoms in total. The van der Waals surface area contributed by atoms with Crippen molar-refractivity contribution in [3.05, 3.63) is 35.9 Å². The summed E-state index contributed by atoms with van der Waals surface area (Å²) >= 11 is 5.33. The molecule has 0 bridgehead atoms. The Morgan fingerprint density at radius 2 is 1.95 bits per heavy atom. The Morgan fingerprint density at radius 1 is 1.29 bits per heavy atom. The van der Waals surface area contributed by atoms with Gasteiger partial charge < -0.3 is 10.0 Å². The number of hydrogen-bond donors (Lipinski definition) is 2. The van der Waals surface area contributed by atoms with Gasteiger partial charge in [-0.25, -0.2) is 10.3 Å². The molecule has 1 aliphatic heterocycles. The maximum absolute atomic E-state index is 11.8. The van der Waals surface area contributed by atoms with Crippen LogP contribution in [0.15, 0.2) is 30.3 Å². The van der Waals surface area contributed by atoms with Crippen LogP contribution < -0.4 is 5.48 Å². The van der Waals surface area contributed by atoms with Crippen LogP contribution in [0.5, 0.6) is 0 Å². The maximum atomic E-state index is 11.8. The number of hydrogen-bond acceptors (Lipinski definition) is 4. The van der Waals surface area contributed by atoms with Gasteiger partial charge in [0, 0.05) is 12.0 Å². The van der Waals surface area contributed by atoms with Gasteiger partial charge in [-0.3, -0.25) is 14.4 Å². The zero-order valence-electron chi connectivity index (χ0n) is 10.9. The minimum Gasteiger partial charge on any atom is -0.480 e. The molecule has 21 heavy (non-hydrogen) atoms. The fraction of sp³-hybridized carbons (Fsp3) is 0.308. The summed E-state index contributed by atoms with van der Waals surface area (Å²) in [4.78, 5) is 40.1. The van der Waals surface area contributed by atoms with Gasteiger partial charge in [-0.05, 0) is 23.7 Å². The van der Waals surface area contributed by atoms with Gasteiger partial charge in [0.25, 0.3) is 5.91 Å². The first-order valence-corrected chi connectivity index (χ1v) is 6.56. The number of benzene rings is 1. The number of rotatable bonds is 4. The number of likely N-dealkylation sites (tertiary alicyclic amines) is 1. The zero-order chi connectivity index (χ0) is 15.4. The molecule has 2 N–H and O–H groups in total. The van der Waals surface area contributed by atoms with Gasteiger partial charge in [0.2, 0.25) is 0 Å². The van der Waals surface area contributed by atoms with Crippen LogP contribution in [0.2, 0.25) is 0 Å². The first-order chi connectivity index (χ1) is 9.99. The number of carbonyl (C=O) groups excluding carboxylic acids is 2. The Bertz CT molecular complexity index is 529. The van der Waals surface area contributed by atoms with Gasteiger partial charge in [-0.15, -0.1) is 0 Å². The van der Waals surface area contributed by atoms with E-state index in [1.54, 1.807) is 30.3 Å². The number of aliphatic carboxylic acids is 1. The van der Waals surface area contributed by atoms with Crippen LogP contribution >= 0.6 is 11.6 Å². The van der Waals surface area contributed by atoms with E-state index in [1.165, 1.54) is 0 Å². The van der Waals surface area contributed by atoms with Crippen molar-refractivity contribution in [3.8, 4) is 0 Å². The predicted octanol–water partition coefficient (Wildman–Crippen LogP) is 1.23. The Morgan fingerprint density at radius 3 is 2.48 bits per heavy atom. The van der Waals surface area contributed by atoms with Crippen LogP contribution in [0.3, 0.4) is 0 Å². The van der Waals surface area contributed by atoms with Crippen LogP contribution in [0.1, 0.15) is 16.8 Å². The highest BCUT2D eigenvalue weighted by Gasteiger charge is 2.40. The van der Waals surface area contributed by atoms with Crippen LogP contribution in [0, 0.1) is 0 Å². The first kappa shape index (κ1) is 15.3. The van der Waals surface area contributed by atoms with Crippen molar-refractivity contribution in [1.29, 1.82) is 0 Å². The largest absolute Gasteiger partial charge is 0.480 e. The highest BCUT2D eigenvalue weighted by Crippen LogP contribution is 2.21. The number of carboxylic acid groups (broad SMARTS) is 1. The summed E-state index contributed by atoms with van der Waals surface area (Å²) in [6.45, 7) is 0.00830. The van der Waals surface area contributed by atoms with E-state index in [0.717, 1.165) is 4.90 Å². The predicted molar refractivity (Wildman–Crippen MR) is 72.8 cm³/mol. The zero-order valence-corrected chi connectivity index (χ0v) is 11.6. The maximum Gasteiger partial charge on any atom is 0.326 e. The SMILES string of the molecule is O=C(NOC1CC(C(=O)O)N(C(=O)Cl)C1)c1ccccc1. The number of carboxylic acids is 1. The quantitative estimate of drug-likeness (QED) is 0.495. The van der Waals surface area contributed by atoms with Crippen LogP contribution in [0.25, 0.3) is 0 Å². The number of nitrogens with one attached hydrogen (secondary N) is 1. The van der Waals surface area contributed by atoms with Gasteiger partial charge in [0.05, 0.1) is 6.54 Å². The second-order valence-corrected chi connectivity index (χ2v) is 4.86. The minimum absolute atomic E-state index is 0.00830. The molecule has 0 radical (unpaired) electrons. The van der Waals surface area contributed by atoms with Gasteiger partial charge in [-0.1, -0.05) is 18.2 Å². The normalized spacial score (nSPS) is 21.1. The summed E-state index contributed by atoms with van der Waals surface area (Å²) in [6, 6.07) is 7.37. The summed E-state index contributed by atoms with van der Waals surface area (Å²) in [5, 5.41) is 8.15. The summed E-state index contributed by atoms with van der Waals surface area (Å²) < 4.78 is 0. The fourth-order valence-corrected chi connectivity index (χ4v) is 2.28. The smallest absolute Gasteiger partial charge is 0.326 e. The molecule has 112 valence electrons. The molecule has 2 rings (SSSR count). The lowest BCUT2D eigenvalue weighted by molar-refractivity contribution is -0.141. The molecule has 0 spiro atoms. The van der Waals surface area contributed by atoms with Crippen molar-refractivity contribution < 1.29 is 24.3 Å². The number of amides is 2. The average molecular weight is 313 g/mol. The van der Waals surface area contributed by atoms with Crippen molar-refractivity contribution in [1.82, 2.24) is 10.4 Å². The molecule has 2 amide bonds. The van der Waals surface area contributed by atoms with Gasteiger partial charge in [-0.2, -0.15) is 0 Å². The van der Waals surface area contributed by atoms with E-state index in [9.17, 15) is 14.4 Å². The van der Waals surface area contributed by atoms with Crippen LogP contribution in [-0.2, 0) is 9.63 Å². The monoisotopic (exact) mass is 312 g/mol. The molecule has 1 aromatic carbocycles. The summed E-state index contributed by atoms with van der Waals surface area (Å²) in [7, 11) is 0. The third-order valence-electron chi connectivity index (χ3n) is 3.13. The van der Waals surface area contributed by atoms with E-state index in [0.29, 0.717) is 5.56 Å². The Hall–Kier alpha value is -2.12. The molecule has 1 saturated heterocycles. The molecular formula is C13H13ClN2O5. The van der Waals surface area contributed by atoms with Crippen LogP contribution in [-0.4, -0.2) is 45.9 Å². The van der Waals surface area contributed by atoms with Gasteiger partial charge >= 0.3 is 11.3 Å². The molecule has 1 aromatic rings. The molecule has 2 unspecified atom stereocenters. The summed E-state index contributed by atoms with van der Waals surface area (Å²) in [5.41, 5.74) is 2.66. The Labute approximate surface area is 125 Å². The number of hydroxylamine groups is 1. The number of halogens is 1. The molecule has 1 fully saturated rings. The van der Waals surface area contributed by atoms with Crippen molar-refractivity contribution in [3.63, 3.8) is 0 Å². The van der Waals surface area contributed by atoms with Crippen molar-refractivity contribution in [2.45, 2.75) is 18.6 Å². The van der Waals surface area contributed by atoms with Crippen LogP contribution in [0.4, 0.5) is 4.79 Å². The lowest BCUT2D eigenvalue weighted by Crippen LogP contribution is -2.37. The third kappa shape index (κ3) is 3.71. The lowest BCUT2D eigenvalue weighted by Gasteiger charge is -2.17. The fourth-order valence-electron chi connectivity index (χ4n) is 2.10. The van der Waals surface area contributed by atoms with E-state index in [2.05, 4.69) is 5.48 Å². The molecule has 0 aromatic heterocycles. The second kappa shape index (κ2) is 6.55. The topological polar surface area (TPSA) is 95.9 Å². The molecule has 0 saturated carbocycles. The van der Waals surface area contributed by atoms with Gasteiger partial charge in [0.15, 0.2) is 0 Å². The lowest BCUT2D eigenvalue weighted by atomic mass is 10.2. The molecule has 1 aliphatic rings. The Kier molecular flexibility index (Phi) is 4.77. The standard InChI is InChI=1S/C13H13ClN2O5/c14-13(20)16-7-9(6-10(16)12(18)19)21-15-11(17)8-4-2-1-3-5-8/h1-5,9-10H,6-7H2,(H,15,17)(H,18,19). The average Bonchev–Trinajstić information content (AvgIpc) is 2.90. The molecular weight excluding hydrogens is 300 g/mol. The van der Waals surface area contributed by atoms with E-state index < -0.39 is 29.4 Å². The highest BCUT2D eigenvalue weighted by molar-refractivity contribution is 6.63. The third-order valence-corrected chi connectivity index (χ3v) is 3.34. The summed E-state index contributed by atoms with van der Waals surface area (Å²) in [6.07, 6.45) is -0.565. The molecule has 2 atom stereocenters. The van der Waals surface area contributed by atoms with Gasteiger partial charge in [0.1, 0.15) is 12.1 Å². The van der Waals surface area contributed by atoms with E-state index in [1.807, 2.05) is 0 Å². The number of carbonyl (C=O) groups is 3. The van der Waals surface area contributed by atoms with E-state index >= 15 is 0 Å². The first-order valence-electron chi connectivity index (χ1n) is 6.19. The van der Waals surface area contributed by atoms with Crippen molar-refractivity contribution in [2.75, 3.05) is 6.54 Å². The molecule has 8 heteroatoms. The number of nitrogens with zero attached hydrogens (tertiary/aromatic N) is 1. The summed E-state index contributed by atoms with van der Waals surface area (Å²) in [5.74, 6) is -1.61. The molecule has 1 heterocycles.